The number of amides is 1. The van der Waals surface area contributed by atoms with Crippen molar-refractivity contribution in [2.75, 3.05) is 11.3 Å². The number of nitrogens with one attached hydrogen (secondary N) is 3. The molecule has 8 heteroatoms. The van der Waals surface area contributed by atoms with E-state index in [0.29, 0.717) is 17.8 Å². The maximum absolute atomic E-state index is 12.0. The Morgan fingerprint density at radius 3 is 2.85 bits per heavy atom. The molecular weight excluding hydrogens is 280 g/mol. The average molecular weight is 294 g/mol. The first-order valence-electron chi connectivity index (χ1n) is 5.93. The molecule has 20 heavy (non-hydrogen) atoms. The SMILES string of the molecule is CCNC(=O)c1cccc(NS(=O)(=O)c2cn[nH]c2)c1. The zero-order valence-electron chi connectivity index (χ0n) is 10.8. The normalized spacial score (nSPS) is 11.1. The summed E-state index contributed by atoms with van der Waals surface area (Å²) < 4.78 is 26.4. The summed E-state index contributed by atoms with van der Waals surface area (Å²) in [5.74, 6) is -0.253. The van der Waals surface area contributed by atoms with Gasteiger partial charge < -0.3 is 5.32 Å². The lowest BCUT2D eigenvalue weighted by molar-refractivity contribution is 0.0956. The molecule has 1 amide bonds. The number of sulfonamides is 1. The summed E-state index contributed by atoms with van der Waals surface area (Å²) in [5, 5.41) is 8.67. The van der Waals surface area contributed by atoms with Crippen molar-refractivity contribution in [3.8, 4) is 0 Å². The van der Waals surface area contributed by atoms with E-state index in [4.69, 9.17) is 0 Å². The van der Waals surface area contributed by atoms with Crippen molar-refractivity contribution < 1.29 is 13.2 Å². The average Bonchev–Trinajstić information content (AvgIpc) is 2.93. The van der Waals surface area contributed by atoms with Crippen molar-refractivity contribution in [2.24, 2.45) is 0 Å². The van der Waals surface area contributed by atoms with Crippen LogP contribution in [0.25, 0.3) is 0 Å². The number of H-pyrrole nitrogens is 1. The third-order valence-electron chi connectivity index (χ3n) is 2.50. The minimum Gasteiger partial charge on any atom is -0.352 e. The number of aromatic amines is 1. The van der Waals surface area contributed by atoms with Crippen LogP contribution < -0.4 is 10.0 Å². The Kier molecular flexibility index (Phi) is 4.04. The van der Waals surface area contributed by atoms with Gasteiger partial charge in [-0.05, 0) is 25.1 Å². The number of anilines is 1. The molecule has 0 bridgehead atoms. The number of carbonyl (C=O) groups is 1. The molecule has 2 rings (SSSR count). The van der Waals surface area contributed by atoms with E-state index in [1.54, 1.807) is 18.2 Å². The highest BCUT2D eigenvalue weighted by atomic mass is 32.2. The van der Waals surface area contributed by atoms with Crippen molar-refractivity contribution in [3.05, 3.63) is 42.2 Å². The lowest BCUT2D eigenvalue weighted by Crippen LogP contribution is -2.22. The van der Waals surface area contributed by atoms with Crippen LogP contribution in [0.4, 0.5) is 5.69 Å². The molecule has 7 nitrogen and oxygen atoms in total. The van der Waals surface area contributed by atoms with Gasteiger partial charge in [-0.15, -0.1) is 0 Å². The molecule has 2 aromatic rings. The minimum atomic E-state index is -3.70. The largest absolute Gasteiger partial charge is 0.352 e. The maximum Gasteiger partial charge on any atom is 0.265 e. The molecule has 0 spiro atoms. The first kappa shape index (κ1) is 14.1. The van der Waals surface area contributed by atoms with Gasteiger partial charge in [-0.3, -0.25) is 14.6 Å². The fourth-order valence-electron chi connectivity index (χ4n) is 1.59. The van der Waals surface area contributed by atoms with E-state index in [9.17, 15) is 13.2 Å². The quantitative estimate of drug-likeness (QED) is 0.764. The lowest BCUT2D eigenvalue weighted by atomic mass is 10.2. The molecular formula is C12H14N4O3S. The summed E-state index contributed by atoms with van der Waals surface area (Å²) in [6.45, 7) is 2.31. The third-order valence-corrected chi connectivity index (χ3v) is 3.85. The van der Waals surface area contributed by atoms with Crippen LogP contribution in [-0.4, -0.2) is 31.1 Å². The molecule has 0 aliphatic rings. The molecule has 0 fully saturated rings. The number of benzene rings is 1. The van der Waals surface area contributed by atoms with Crippen LogP contribution in [0.3, 0.4) is 0 Å². The van der Waals surface area contributed by atoms with Gasteiger partial charge in [0.15, 0.2) is 0 Å². The van der Waals surface area contributed by atoms with Crippen LogP contribution in [0.15, 0.2) is 41.6 Å². The molecule has 0 atom stereocenters. The molecule has 0 aliphatic carbocycles. The molecule has 106 valence electrons. The Morgan fingerprint density at radius 2 is 2.20 bits per heavy atom. The van der Waals surface area contributed by atoms with Crippen molar-refractivity contribution in [1.29, 1.82) is 0 Å². The Balaban J connectivity index is 2.22. The van der Waals surface area contributed by atoms with Gasteiger partial charge in [0, 0.05) is 24.0 Å². The van der Waals surface area contributed by atoms with Crippen LogP contribution >= 0.6 is 0 Å². The van der Waals surface area contributed by atoms with Gasteiger partial charge in [0.2, 0.25) is 0 Å². The van der Waals surface area contributed by atoms with Gasteiger partial charge in [-0.1, -0.05) is 6.07 Å². The van der Waals surface area contributed by atoms with Gasteiger partial charge in [0.05, 0.1) is 6.20 Å². The van der Waals surface area contributed by atoms with Gasteiger partial charge in [0.25, 0.3) is 15.9 Å². The predicted molar refractivity (Wildman–Crippen MR) is 73.8 cm³/mol. The second-order valence-electron chi connectivity index (χ2n) is 3.98. The molecule has 0 saturated heterocycles. The summed E-state index contributed by atoms with van der Waals surface area (Å²) in [5.41, 5.74) is 0.703. The van der Waals surface area contributed by atoms with E-state index in [1.165, 1.54) is 18.5 Å². The number of rotatable bonds is 5. The van der Waals surface area contributed by atoms with Gasteiger partial charge in [-0.2, -0.15) is 5.10 Å². The monoisotopic (exact) mass is 294 g/mol. The minimum absolute atomic E-state index is 0.0286. The number of carbonyl (C=O) groups excluding carboxylic acids is 1. The number of hydrogen-bond acceptors (Lipinski definition) is 4. The maximum atomic E-state index is 12.0. The summed E-state index contributed by atoms with van der Waals surface area (Å²) in [6, 6.07) is 6.27. The van der Waals surface area contributed by atoms with Crippen LogP contribution in [0.1, 0.15) is 17.3 Å². The highest BCUT2D eigenvalue weighted by molar-refractivity contribution is 7.92. The molecule has 1 heterocycles. The first-order valence-corrected chi connectivity index (χ1v) is 7.41. The molecule has 0 radical (unpaired) electrons. The second-order valence-corrected chi connectivity index (χ2v) is 5.66. The molecule has 0 saturated carbocycles. The van der Waals surface area contributed by atoms with E-state index < -0.39 is 10.0 Å². The smallest absolute Gasteiger partial charge is 0.265 e. The zero-order valence-corrected chi connectivity index (χ0v) is 11.6. The predicted octanol–water partition coefficient (Wildman–Crippen LogP) is 0.960. The van der Waals surface area contributed by atoms with Crippen LogP contribution in [0.5, 0.6) is 0 Å². The molecule has 3 N–H and O–H groups in total. The molecule has 0 aliphatic heterocycles. The highest BCUT2D eigenvalue weighted by Gasteiger charge is 2.15. The third kappa shape index (κ3) is 3.15. The molecule has 1 aromatic carbocycles. The fourth-order valence-corrected chi connectivity index (χ4v) is 2.54. The van der Waals surface area contributed by atoms with Gasteiger partial charge in [-0.25, -0.2) is 8.42 Å². The van der Waals surface area contributed by atoms with E-state index in [0.717, 1.165) is 0 Å². The van der Waals surface area contributed by atoms with E-state index in [2.05, 4.69) is 20.2 Å². The molecule has 0 unspecified atom stereocenters. The standard InChI is InChI=1S/C12H14N4O3S/c1-2-13-12(17)9-4-3-5-10(6-9)16-20(18,19)11-7-14-15-8-11/h3-8,16H,2H2,1H3,(H,13,17)(H,14,15). The Morgan fingerprint density at radius 1 is 1.40 bits per heavy atom. The van der Waals surface area contributed by atoms with E-state index in [-0.39, 0.29) is 10.8 Å². The summed E-state index contributed by atoms with van der Waals surface area (Å²) in [6.07, 6.45) is 2.48. The Hall–Kier alpha value is -2.35. The summed E-state index contributed by atoms with van der Waals surface area (Å²) in [7, 11) is -3.70. The van der Waals surface area contributed by atoms with E-state index >= 15 is 0 Å². The van der Waals surface area contributed by atoms with Crippen molar-refractivity contribution >= 4 is 21.6 Å². The van der Waals surface area contributed by atoms with Crippen molar-refractivity contribution in [2.45, 2.75) is 11.8 Å². The lowest BCUT2D eigenvalue weighted by Gasteiger charge is -2.08. The van der Waals surface area contributed by atoms with Gasteiger partial charge >= 0.3 is 0 Å². The second kappa shape index (κ2) is 5.74. The van der Waals surface area contributed by atoms with Crippen molar-refractivity contribution in [3.63, 3.8) is 0 Å². The molecule has 1 aromatic heterocycles. The van der Waals surface area contributed by atoms with Crippen molar-refractivity contribution in [1.82, 2.24) is 15.5 Å². The number of nitrogens with zero attached hydrogens (tertiary/aromatic N) is 1. The Bertz CT molecular complexity index is 695. The fraction of sp³-hybridized carbons (Fsp3) is 0.167. The Labute approximate surface area is 116 Å². The highest BCUT2D eigenvalue weighted by Crippen LogP contribution is 2.16. The topological polar surface area (TPSA) is 104 Å². The van der Waals surface area contributed by atoms with Crippen LogP contribution in [-0.2, 0) is 10.0 Å². The van der Waals surface area contributed by atoms with Gasteiger partial charge in [0.1, 0.15) is 4.90 Å². The number of hydrogen-bond donors (Lipinski definition) is 3. The first-order chi connectivity index (χ1) is 9.53. The zero-order chi connectivity index (χ0) is 14.6. The summed E-state index contributed by atoms with van der Waals surface area (Å²) >= 11 is 0. The van der Waals surface area contributed by atoms with E-state index in [1.807, 2.05) is 6.92 Å². The number of aromatic nitrogens is 2. The van der Waals surface area contributed by atoms with Crippen LogP contribution in [0, 0.1) is 0 Å². The van der Waals surface area contributed by atoms with Crippen LogP contribution in [0.2, 0.25) is 0 Å². The summed E-state index contributed by atoms with van der Waals surface area (Å²) in [4.78, 5) is 11.7.